The van der Waals surface area contributed by atoms with Gasteiger partial charge in [0.05, 0.1) is 16.9 Å². The largest absolute Gasteiger partial charge is 0.305 e. The minimum Gasteiger partial charge on any atom is -0.305 e. The Morgan fingerprint density at radius 2 is 1.95 bits per heavy atom. The molecule has 3 aromatic rings. The molecule has 3 rings (SSSR count). The molecule has 0 atom stereocenters. The second-order valence-corrected chi connectivity index (χ2v) is 4.58. The number of rotatable bonds is 3. The minimum absolute atomic E-state index is 0.181. The fourth-order valence-electron chi connectivity index (χ4n) is 1.74. The van der Waals surface area contributed by atoms with Crippen molar-refractivity contribution >= 4 is 23.3 Å². The van der Waals surface area contributed by atoms with Crippen molar-refractivity contribution in [1.29, 1.82) is 0 Å². The third-order valence-electron chi connectivity index (χ3n) is 2.73. The molecule has 2 heterocycles. The molecule has 0 saturated carbocycles. The molecule has 7 heteroatoms. The number of hydrogen-bond donors (Lipinski definition) is 1. The first-order valence-corrected chi connectivity index (χ1v) is 6.51. The summed E-state index contributed by atoms with van der Waals surface area (Å²) in [6.45, 7) is 0. The Labute approximate surface area is 125 Å². The number of carbonyl (C=O) groups excluding carboxylic acids is 1. The number of hydrogen-bond acceptors (Lipinski definition) is 4. The Kier molecular flexibility index (Phi) is 3.61. The van der Waals surface area contributed by atoms with Gasteiger partial charge in [0.2, 0.25) is 0 Å². The monoisotopic (exact) mass is 299 g/mol. The second-order valence-electron chi connectivity index (χ2n) is 4.17. The van der Waals surface area contributed by atoms with Crippen LogP contribution in [0.15, 0.2) is 54.9 Å². The zero-order valence-electron chi connectivity index (χ0n) is 10.8. The number of aromatic nitrogens is 4. The van der Waals surface area contributed by atoms with Crippen molar-refractivity contribution in [3.05, 3.63) is 65.6 Å². The first-order chi connectivity index (χ1) is 10.2. The molecule has 0 aliphatic carbocycles. The fraction of sp³-hybridized carbons (Fsp3) is 0. The lowest BCUT2D eigenvalue weighted by atomic mass is 10.3. The number of nitrogens with one attached hydrogen (secondary N) is 1. The summed E-state index contributed by atoms with van der Waals surface area (Å²) in [4.78, 5) is 16.1. The number of amides is 1. The van der Waals surface area contributed by atoms with Gasteiger partial charge >= 0.3 is 0 Å². The number of nitrogens with zero attached hydrogens (tertiary/aromatic N) is 4. The molecule has 6 nitrogen and oxygen atoms in total. The molecule has 0 unspecified atom stereocenters. The average molecular weight is 300 g/mol. The summed E-state index contributed by atoms with van der Waals surface area (Å²) in [6, 6.07) is 12.4. The summed E-state index contributed by atoms with van der Waals surface area (Å²) in [7, 11) is 0. The van der Waals surface area contributed by atoms with Crippen molar-refractivity contribution in [2.24, 2.45) is 0 Å². The van der Waals surface area contributed by atoms with Crippen LogP contribution in [-0.4, -0.2) is 25.9 Å². The fourth-order valence-corrected chi connectivity index (χ4v) is 1.96. The average Bonchev–Trinajstić information content (AvgIpc) is 2.98. The summed E-state index contributed by atoms with van der Waals surface area (Å²) in [5.74, 6) is 0.0711. The molecule has 1 N–H and O–H groups in total. The van der Waals surface area contributed by atoms with Crippen LogP contribution in [0.2, 0.25) is 5.02 Å². The van der Waals surface area contributed by atoms with Gasteiger partial charge in [0.15, 0.2) is 5.69 Å². The molecule has 0 aliphatic heterocycles. The lowest BCUT2D eigenvalue weighted by Crippen LogP contribution is -2.13. The van der Waals surface area contributed by atoms with Gasteiger partial charge in [-0.1, -0.05) is 35.0 Å². The van der Waals surface area contributed by atoms with E-state index in [1.54, 1.807) is 36.5 Å². The van der Waals surface area contributed by atoms with Gasteiger partial charge < -0.3 is 5.32 Å². The number of carbonyl (C=O) groups is 1. The van der Waals surface area contributed by atoms with Gasteiger partial charge in [0, 0.05) is 6.20 Å². The van der Waals surface area contributed by atoms with Crippen LogP contribution in [0.5, 0.6) is 0 Å². The summed E-state index contributed by atoms with van der Waals surface area (Å²) in [5, 5.41) is 10.9. The van der Waals surface area contributed by atoms with Gasteiger partial charge in [-0.2, -0.15) is 0 Å². The first kappa shape index (κ1) is 13.3. The maximum absolute atomic E-state index is 12.0. The van der Waals surface area contributed by atoms with Crippen molar-refractivity contribution in [3.8, 4) is 5.69 Å². The van der Waals surface area contributed by atoms with Crippen LogP contribution in [-0.2, 0) is 0 Å². The van der Waals surface area contributed by atoms with E-state index in [-0.39, 0.29) is 11.6 Å². The molecule has 0 saturated heterocycles. The molecule has 1 amide bonds. The number of halogens is 1. The highest BCUT2D eigenvalue weighted by atomic mass is 35.5. The number of pyridine rings is 1. The third kappa shape index (κ3) is 2.90. The van der Waals surface area contributed by atoms with Gasteiger partial charge in [-0.05, 0) is 24.3 Å². The van der Waals surface area contributed by atoms with Crippen LogP contribution in [0.3, 0.4) is 0 Å². The van der Waals surface area contributed by atoms with Crippen LogP contribution in [0.1, 0.15) is 10.5 Å². The number of benzene rings is 1. The molecule has 104 valence electrons. The van der Waals surface area contributed by atoms with E-state index >= 15 is 0 Å². The van der Waals surface area contributed by atoms with E-state index in [9.17, 15) is 4.79 Å². The van der Waals surface area contributed by atoms with E-state index in [0.717, 1.165) is 0 Å². The number of para-hydroxylation sites is 1. The molecular formula is C14H10ClN5O. The van der Waals surface area contributed by atoms with Crippen molar-refractivity contribution in [1.82, 2.24) is 20.0 Å². The van der Waals surface area contributed by atoms with E-state index in [4.69, 9.17) is 11.6 Å². The van der Waals surface area contributed by atoms with Crippen LogP contribution in [0.4, 0.5) is 5.82 Å². The van der Waals surface area contributed by atoms with Crippen LogP contribution < -0.4 is 5.32 Å². The van der Waals surface area contributed by atoms with Crippen LogP contribution in [0, 0.1) is 0 Å². The van der Waals surface area contributed by atoms with E-state index in [0.29, 0.717) is 16.5 Å². The Bertz CT molecular complexity index is 772. The van der Waals surface area contributed by atoms with E-state index in [2.05, 4.69) is 20.6 Å². The normalized spacial score (nSPS) is 10.3. The molecule has 0 fully saturated rings. The third-order valence-corrected chi connectivity index (χ3v) is 3.05. The summed E-state index contributed by atoms with van der Waals surface area (Å²) in [6.07, 6.45) is 3.11. The Morgan fingerprint density at radius 1 is 1.14 bits per heavy atom. The van der Waals surface area contributed by atoms with Crippen LogP contribution in [0.25, 0.3) is 5.69 Å². The zero-order valence-corrected chi connectivity index (χ0v) is 11.5. The van der Waals surface area contributed by atoms with Gasteiger partial charge in [-0.15, -0.1) is 5.10 Å². The molecular weight excluding hydrogens is 290 g/mol. The standard InChI is InChI=1S/C14H10ClN5O/c15-10-5-1-2-6-12(10)20-9-11(18-19-20)14(21)17-13-7-3-4-8-16-13/h1-9H,(H,16,17,21). The Balaban J connectivity index is 1.82. The highest BCUT2D eigenvalue weighted by Gasteiger charge is 2.13. The number of anilines is 1. The Hall–Kier alpha value is -2.73. The second kappa shape index (κ2) is 5.72. The topological polar surface area (TPSA) is 72.7 Å². The van der Waals surface area contributed by atoms with Crippen molar-refractivity contribution in [3.63, 3.8) is 0 Å². The van der Waals surface area contributed by atoms with Gasteiger partial charge in [0.25, 0.3) is 5.91 Å². The maximum atomic E-state index is 12.0. The predicted octanol–water partition coefficient (Wildman–Crippen LogP) is 2.57. The minimum atomic E-state index is -0.382. The summed E-state index contributed by atoms with van der Waals surface area (Å²) in [5.41, 5.74) is 0.837. The van der Waals surface area contributed by atoms with E-state index in [1.165, 1.54) is 10.9 Å². The summed E-state index contributed by atoms with van der Waals surface area (Å²) >= 11 is 6.08. The highest BCUT2D eigenvalue weighted by molar-refractivity contribution is 6.32. The Morgan fingerprint density at radius 3 is 2.71 bits per heavy atom. The van der Waals surface area contributed by atoms with Gasteiger partial charge in [-0.3, -0.25) is 4.79 Å². The zero-order chi connectivity index (χ0) is 14.7. The predicted molar refractivity (Wildman–Crippen MR) is 78.6 cm³/mol. The molecule has 0 bridgehead atoms. The van der Waals surface area contributed by atoms with E-state index in [1.807, 2.05) is 12.1 Å². The first-order valence-electron chi connectivity index (χ1n) is 6.14. The van der Waals surface area contributed by atoms with Crippen molar-refractivity contribution in [2.45, 2.75) is 0 Å². The molecule has 1 aromatic carbocycles. The SMILES string of the molecule is O=C(Nc1ccccn1)c1cn(-c2ccccc2Cl)nn1. The summed E-state index contributed by atoms with van der Waals surface area (Å²) < 4.78 is 1.45. The van der Waals surface area contributed by atoms with Crippen molar-refractivity contribution in [2.75, 3.05) is 5.32 Å². The highest BCUT2D eigenvalue weighted by Crippen LogP contribution is 2.18. The van der Waals surface area contributed by atoms with Gasteiger partial charge in [0.1, 0.15) is 5.82 Å². The lowest BCUT2D eigenvalue weighted by Gasteiger charge is -2.02. The van der Waals surface area contributed by atoms with E-state index < -0.39 is 0 Å². The molecule has 0 aliphatic rings. The molecule has 0 radical (unpaired) electrons. The lowest BCUT2D eigenvalue weighted by molar-refractivity contribution is 0.102. The molecule has 0 spiro atoms. The van der Waals surface area contributed by atoms with Gasteiger partial charge in [-0.25, -0.2) is 9.67 Å². The van der Waals surface area contributed by atoms with Crippen molar-refractivity contribution < 1.29 is 4.79 Å². The maximum Gasteiger partial charge on any atom is 0.279 e. The quantitative estimate of drug-likeness (QED) is 0.806. The van der Waals surface area contributed by atoms with Crippen LogP contribution >= 0.6 is 11.6 Å². The molecule has 2 aromatic heterocycles. The smallest absolute Gasteiger partial charge is 0.279 e. The molecule has 21 heavy (non-hydrogen) atoms.